The van der Waals surface area contributed by atoms with Crippen LogP contribution in [0.25, 0.3) is 11.3 Å². The van der Waals surface area contributed by atoms with Crippen molar-refractivity contribution in [1.82, 2.24) is 9.97 Å². The summed E-state index contributed by atoms with van der Waals surface area (Å²) in [4.78, 5) is 9.31. The van der Waals surface area contributed by atoms with Crippen molar-refractivity contribution in [3.05, 3.63) is 108 Å². The zero-order valence-corrected chi connectivity index (χ0v) is 19.2. The van der Waals surface area contributed by atoms with Gasteiger partial charge in [-0.2, -0.15) is 0 Å². The fourth-order valence-electron chi connectivity index (χ4n) is 3.16. The Bertz CT molecular complexity index is 1100. The predicted molar refractivity (Wildman–Crippen MR) is 137 cm³/mol. The smallest absolute Gasteiger partial charge is 0.147 e. The van der Waals surface area contributed by atoms with Crippen molar-refractivity contribution < 1.29 is 4.74 Å². The lowest BCUT2D eigenvalue weighted by Gasteiger charge is -2.10. The van der Waals surface area contributed by atoms with Gasteiger partial charge in [0.2, 0.25) is 0 Å². The number of nitrogens with one attached hydrogen (secondary N) is 1. The van der Waals surface area contributed by atoms with Crippen molar-refractivity contribution in [1.29, 1.82) is 0 Å². The van der Waals surface area contributed by atoms with E-state index < -0.39 is 0 Å². The quantitative estimate of drug-likeness (QED) is 0.356. The molecule has 0 radical (unpaired) electrons. The zero-order valence-electron chi connectivity index (χ0n) is 18.4. The molecule has 0 aliphatic carbocycles. The summed E-state index contributed by atoms with van der Waals surface area (Å²) in [7, 11) is 3.53. The fraction of sp³-hybridized carbons (Fsp3) is 0.148. The molecule has 32 heavy (non-hydrogen) atoms. The molecule has 0 aliphatic rings. The standard InChI is InChI=1S/C19H19N3O.C8H8S/c1-20-19-17(12-14-6-4-3-5-7-14)22-18(13-21-19)15-8-10-16(23-2)11-9-15;9-7-6-8-4-2-1-3-5-8/h3-11,13H,12H2,1-2H3,(H,20,21);1-5,7H,6H2. The number of aromatic nitrogens is 2. The number of methoxy groups -OCH3 is 1. The van der Waals surface area contributed by atoms with Crippen LogP contribution in [0.5, 0.6) is 5.75 Å². The molecule has 0 atom stereocenters. The minimum Gasteiger partial charge on any atom is -0.497 e. The first kappa shape index (κ1) is 23.1. The summed E-state index contributed by atoms with van der Waals surface area (Å²) in [6.07, 6.45) is 3.44. The highest BCUT2D eigenvalue weighted by atomic mass is 32.1. The second-order valence-corrected chi connectivity index (χ2v) is 7.38. The molecule has 0 fully saturated rings. The summed E-state index contributed by atoms with van der Waals surface area (Å²) < 4.78 is 5.20. The number of benzene rings is 3. The maximum Gasteiger partial charge on any atom is 0.147 e. The van der Waals surface area contributed by atoms with E-state index in [9.17, 15) is 0 Å². The third kappa shape index (κ3) is 6.72. The number of anilines is 1. The highest BCUT2D eigenvalue weighted by Gasteiger charge is 2.09. The van der Waals surface area contributed by atoms with E-state index in [0.29, 0.717) is 0 Å². The van der Waals surface area contributed by atoms with Gasteiger partial charge < -0.3 is 10.1 Å². The first-order valence-corrected chi connectivity index (χ1v) is 10.9. The Morgan fingerprint density at radius 1 is 0.875 bits per heavy atom. The van der Waals surface area contributed by atoms with Crippen molar-refractivity contribution in [3.8, 4) is 17.0 Å². The Morgan fingerprint density at radius 3 is 2.06 bits per heavy atom. The molecule has 0 bridgehead atoms. The van der Waals surface area contributed by atoms with E-state index in [0.717, 1.165) is 41.4 Å². The highest BCUT2D eigenvalue weighted by Crippen LogP contribution is 2.23. The lowest BCUT2D eigenvalue weighted by molar-refractivity contribution is 0.415. The van der Waals surface area contributed by atoms with Crippen molar-refractivity contribution in [3.63, 3.8) is 0 Å². The van der Waals surface area contributed by atoms with Gasteiger partial charge in [0.1, 0.15) is 11.6 Å². The summed E-state index contributed by atoms with van der Waals surface area (Å²) in [6.45, 7) is 0. The first-order valence-electron chi connectivity index (χ1n) is 10.4. The molecule has 0 saturated carbocycles. The molecule has 1 N–H and O–H groups in total. The van der Waals surface area contributed by atoms with Gasteiger partial charge in [-0.1, -0.05) is 72.9 Å². The lowest BCUT2D eigenvalue weighted by Crippen LogP contribution is -2.03. The second kappa shape index (κ2) is 12.3. The molecule has 1 aromatic heterocycles. The van der Waals surface area contributed by atoms with Crippen LogP contribution >= 0.6 is 12.2 Å². The summed E-state index contributed by atoms with van der Waals surface area (Å²) in [5, 5.41) is 4.86. The maximum absolute atomic E-state index is 5.20. The fourth-order valence-corrected chi connectivity index (χ4v) is 3.35. The molecule has 1 heterocycles. The van der Waals surface area contributed by atoms with Crippen LogP contribution in [-0.2, 0) is 12.8 Å². The van der Waals surface area contributed by atoms with Crippen LogP contribution in [-0.4, -0.2) is 29.5 Å². The number of thiocarbonyl (C=S) groups is 1. The molecule has 4 aromatic rings. The summed E-state index contributed by atoms with van der Waals surface area (Å²) in [5.74, 6) is 1.64. The van der Waals surface area contributed by atoms with Crippen LogP contribution in [0, 0.1) is 0 Å². The Labute approximate surface area is 195 Å². The topological polar surface area (TPSA) is 47.0 Å². The van der Waals surface area contributed by atoms with Gasteiger partial charge in [-0.3, -0.25) is 0 Å². The summed E-state index contributed by atoms with van der Waals surface area (Å²) in [6, 6.07) is 28.3. The normalized spacial score (nSPS) is 9.94. The number of ether oxygens (including phenoxy) is 1. The second-order valence-electron chi connectivity index (χ2n) is 7.05. The minimum absolute atomic E-state index is 0.744. The largest absolute Gasteiger partial charge is 0.497 e. The van der Waals surface area contributed by atoms with Gasteiger partial charge in [0.25, 0.3) is 0 Å². The highest BCUT2D eigenvalue weighted by molar-refractivity contribution is 7.78. The van der Waals surface area contributed by atoms with Crippen LogP contribution in [0.2, 0.25) is 0 Å². The van der Waals surface area contributed by atoms with E-state index in [4.69, 9.17) is 21.9 Å². The van der Waals surface area contributed by atoms with E-state index in [1.165, 1.54) is 11.1 Å². The minimum atomic E-state index is 0.744. The third-order valence-electron chi connectivity index (χ3n) is 4.84. The van der Waals surface area contributed by atoms with E-state index in [1.807, 2.05) is 67.7 Å². The van der Waals surface area contributed by atoms with E-state index >= 15 is 0 Å². The van der Waals surface area contributed by atoms with Gasteiger partial charge in [0, 0.05) is 25.5 Å². The molecule has 0 aliphatic heterocycles. The Balaban J connectivity index is 0.000000269. The number of nitrogens with zero attached hydrogens (tertiary/aromatic N) is 2. The SMILES string of the molecule is CNc1ncc(-c2ccc(OC)cc2)nc1Cc1ccccc1.S=CCc1ccccc1. The average molecular weight is 442 g/mol. The molecule has 0 spiro atoms. The molecule has 4 rings (SSSR count). The third-order valence-corrected chi connectivity index (χ3v) is 5.01. The molecule has 0 saturated heterocycles. The van der Waals surface area contributed by atoms with Crippen molar-refractivity contribution >= 4 is 23.4 Å². The molecule has 0 amide bonds. The van der Waals surface area contributed by atoms with Crippen LogP contribution in [0.1, 0.15) is 16.8 Å². The van der Waals surface area contributed by atoms with Crippen molar-refractivity contribution in [2.45, 2.75) is 12.8 Å². The van der Waals surface area contributed by atoms with Gasteiger partial charge in [-0.25, -0.2) is 9.97 Å². The van der Waals surface area contributed by atoms with Crippen LogP contribution in [0.3, 0.4) is 0 Å². The van der Waals surface area contributed by atoms with Gasteiger partial charge in [0.05, 0.1) is 24.7 Å². The van der Waals surface area contributed by atoms with Crippen LogP contribution < -0.4 is 10.1 Å². The van der Waals surface area contributed by atoms with Crippen molar-refractivity contribution in [2.75, 3.05) is 19.5 Å². The Hall–Kier alpha value is -3.57. The molecule has 5 heteroatoms. The van der Waals surface area contributed by atoms with E-state index in [2.05, 4.69) is 34.6 Å². The molecule has 0 unspecified atom stereocenters. The predicted octanol–water partition coefficient (Wildman–Crippen LogP) is 6.01. The number of hydrogen-bond acceptors (Lipinski definition) is 5. The molecule has 3 aromatic carbocycles. The summed E-state index contributed by atoms with van der Waals surface area (Å²) >= 11 is 4.71. The van der Waals surface area contributed by atoms with Gasteiger partial charge in [-0.05, 0) is 40.8 Å². The molecular formula is C27H27N3OS. The van der Waals surface area contributed by atoms with Crippen LogP contribution in [0.15, 0.2) is 91.1 Å². The average Bonchev–Trinajstić information content (AvgIpc) is 2.86. The number of rotatable bonds is 7. The maximum atomic E-state index is 5.20. The van der Waals surface area contributed by atoms with Crippen molar-refractivity contribution in [2.24, 2.45) is 0 Å². The van der Waals surface area contributed by atoms with Gasteiger partial charge >= 0.3 is 0 Å². The van der Waals surface area contributed by atoms with E-state index in [-0.39, 0.29) is 0 Å². The molecule has 4 nitrogen and oxygen atoms in total. The van der Waals surface area contributed by atoms with Gasteiger partial charge in [-0.15, -0.1) is 0 Å². The number of hydrogen-bond donors (Lipinski definition) is 1. The molecular weight excluding hydrogens is 414 g/mol. The van der Waals surface area contributed by atoms with Crippen LogP contribution in [0.4, 0.5) is 5.82 Å². The first-order chi connectivity index (χ1) is 15.7. The zero-order chi connectivity index (χ0) is 22.6. The monoisotopic (exact) mass is 441 g/mol. The lowest BCUT2D eigenvalue weighted by atomic mass is 10.1. The van der Waals surface area contributed by atoms with Gasteiger partial charge in [0.15, 0.2) is 0 Å². The summed E-state index contributed by atoms with van der Waals surface area (Å²) in [5.41, 5.74) is 5.32. The molecule has 162 valence electrons. The Morgan fingerprint density at radius 2 is 1.50 bits per heavy atom. The Kier molecular flexibility index (Phi) is 8.90. The van der Waals surface area contributed by atoms with E-state index in [1.54, 1.807) is 18.7 Å².